The monoisotopic (exact) mass is 266 g/mol. The summed E-state index contributed by atoms with van der Waals surface area (Å²) >= 11 is 4.60. The van der Waals surface area contributed by atoms with E-state index in [-0.39, 0.29) is 11.5 Å². The Balaban J connectivity index is 2.51. The van der Waals surface area contributed by atoms with Gasteiger partial charge in [0.05, 0.1) is 11.5 Å². The Morgan fingerprint density at radius 2 is 2.28 bits per heavy atom. The number of hydrogen-bond acceptors (Lipinski definition) is 4. The first-order valence-corrected chi connectivity index (χ1v) is 5.62. The van der Waals surface area contributed by atoms with E-state index in [2.05, 4.69) is 22.5 Å². The zero-order valence-electron chi connectivity index (χ0n) is 9.92. The van der Waals surface area contributed by atoms with Crippen molar-refractivity contribution < 1.29 is 9.59 Å². The van der Waals surface area contributed by atoms with Crippen molar-refractivity contribution in [2.75, 3.05) is 13.6 Å². The fraction of sp³-hybridized carbons (Fsp3) is 0.273. The Bertz CT molecular complexity index is 450. The van der Waals surface area contributed by atoms with Crippen LogP contribution in [0.25, 0.3) is 0 Å². The van der Waals surface area contributed by atoms with Gasteiger partial charge in [-0.25, -0.2) is 0 Å². The Morgan fingerprint density at radius 3 is 2.83 bits per heavy atom. The van der Waals surface area contributed by atoms with Crippen LogP contribution in [0.15, 0.2) is 24.5 Å². The summed E-state index contributed by atoms with van der Waals surface area (Å²) < 4.78 is 0. The van der Waals surface area contributed by atoms with Crippen molar-refractivity contribution >= 4 is 29.0 Å². The summed E-state index contributed by atoms with van der Waals surface area (Å²) in [7, 11) is 1.54. The molecule has 6 nitrogen and oxygen atoms in total. The van der Waals surface area contributed by atoms with Gasteiger partial charge in [0.1, 0.15) is 0 Å². The molecule has 0 saturated carbocycles. The van der Waals surface area contributed by atoms with E-state index in [1.165, 1.54) is 11.9 Å². The van der Waals surface area contributed by atoms with Gasteiger partial charge < -0.3 is 16.0 Å². The molecule has 0 saturated heterocycles. The highest BCUT2D eigenvalue weighted by atomic mass is 32.1. The molecule has 0 radical (unpaired) electrons. The maximum absolute atomic E-state index is 11.7. The van der Waals surface area contributed by atoms with Crippen LogP contribution >= 0.6 is 12.2 Å². The summed E-state index contributed by atoms with van der Waals surface area (Å²) in [6.07, 6.45) is 3.27. The van der Waals surface area contributed by atoms with Crippen LogP contribution < -0.4 is 11.1 Å². The molecule has 0 aromatic carbocycles. The number of carbonyl (C=O) groups excluding carboxylic acids is 2. The Labute approximate surface area is 110 Å². The third-order valence-electron chi connectivity index (χ3n) is 2.11. The van der Waals surface area contributed by atoms with Gasteiger partial charge in [0.25, 0.3) is 0 Å². The van der Waals surface area contributed by atoms with Crippen LogP contribution in [0.3, 0.4) is 0 Å². The van der Waals surface area contributed by atoms with Crippen LogP contribution in [0, 0.1) is 0 Å². The second-order valence-corrected chi connectivity index (χ2v) is 4.20. The smallest absolute Gasteiger partial charge is 0.311 e. The fourth-order valence-corrected chi connectivity index (χ4v) is 1.33. The predicted octanol–water partition coefficient (Wildman–Crippen LogP) is -0.558. The molecule has 3 N–H and O–H groups in total. The van der Waals surface area contributed by atoms with E-state index in [1.807, 2.05) is 6.07 Å². The van der Waals surface area contributed by atoms with Gasteiger partial charge in [-0.1, -0.05) is 18.3 Å². The van der Waals surface area contributed by atoms with E-state index >= 15 is 0 Å². The van der Waals surface area contributed by atoms with E-state index in [1.54, 1.807) is 18.5 Å². The van der Waals surface area contributed by atoms with E-state index < -0.39 is 11.8 Å². The molecule has 96 valence electrons. The van der Waals surface area contributed by atoms with Gasteiger partial charge in [-0.3, -0.25) is 14.6 Å². The second kappa shape index (κ2) is 6.65. The van der Waals surface area contributed by atoms with Crippen molar-refractivity contribution in [3.63, 3.8) is 0 Å². The van der Waals surface area contributed by atoms with Gasteiger partial charge in [0.15, 0.2) is 0 Å². The third kappa shape index (κ3) is 4.46. The summed E-state index contributed by atoms with van der Waals surface area (Å²) in [5.74, 6) is -1.37. The first-order valence-electron chi connectivity index (χ1n) is 5.21. The standard InChI is InChI=1S/C11H14N4O2S/c1-15(7-8-3-2-4-13-5-8)11(17)10(16)14-6-9(12)18/h2-5H,6-7H2,1H3,(H2,12,18)(H,14,16). The molecule has 0 aliphatic rings. The van der Waals surface area contributed by atoms with Gasteiger partial charge >= 0.3 is 11.8 Å². The number of nitrogens with two attached hydrogens (primary N) is 1. The van der Waals surface area contributed by atoms with Gasteiger partial charge in [-0.2, -0.15) is 0 Å². The van der Waals surface area contributed by atoms with E-state index in [9.17, 15) is 9.59 Å². The second-order valence-electron chi connectivity index (χ2n) is 3.67. The maximum Gasteiger partial charge on any atom is 0.311 e. The number of nitrogens with zero attached hydrogens (tertiary/aromatic N) is 2. The first kappa shape index (κ1) is 14.0. The zero-order chi connectivity index (χ0) is 13.5. The van der Waals surface area contributed by atoms with Crippen LogP contribution in [0.1, 0.15) is 5.56 Å². The number of carbonyl (C=O) groups is 2. The Hall–Kier alpha value is -2.02. The fourth-order valence-electron chi connectivity index (χ4n) is 1.25. The van der Waals surface area contributed by atoms with Crippen molar-refractivity contribution in [2.45, 2.75) is 6.54 Å². The van der Waals surface area contributed by atoms with Crippen LogP contribution in [-0.4, -0.2) is 40.3 Å². The number of amides is 2. The minimum atomic E-state index is -0.728. The van der Waals surface area contributed by atoms with Gasteiger partial charge in [-0.15, -0.1) is 0 Å². The lowest BCUT2D eigenvalue weighted by Crippen LogP contribution is -2.43. The summed E-state index contributed by atoms with van der Waals surface area (Å²) in [5.41, 5.74) is 6.07. The van der Waals surface area contributed by atoms with Crippen molar-refractivity contribution in [1.29, 1.82) is 0 Å². The topological polar surface area (TPSA) is 88.3 Å². The molecule has 2 amide bonds. The molecule has 0 atom stereocenters. The molecule has 1 aromatic rings. The lowest BCUT2D eigenvalue weighted by atomic mass is 10.2. The molecule has 18 heavy (non-hydrogen) atoms. The molecular formula is C11H14N4O2S. The zero-order valence-corrected chi connectivity index (χ0v) is 10.7. The highest BCUT2D eigenvalue weighted by Crippen LogP contribution is 2.00. The lowest BCUT2D eigenvalue weighted by Gasteiger charge is -2.16. The minimum Gasteiger partial charge on any atom is -0.392 e. The predicted molar refractivity (Wildman–Crippen MR) is 70.5 cm³/mol. The summed E-state index contributed by atoms with van der Waals surface area (Å²) in [6.45, 7) is 0.327. The number of nitrogens with one attached hydrogen (secondary N) is 1. The molecule has 1 aromatic heterocycles. The van der Waals surface area contributed by atoms with Crippen LogP contribution in [0.4, 0.5) is 0 Å². The number of thiocarbonyl (C=S) groups is 1. The van der Waals surface area contributed by atoms with Crippen LogP contribution in [0.2, 0.25) is 0 Å². The molecule has 0 fully saturated rings. The lowest BCUT2D eigenvalue weighted by molar-refractivity contribution is -0.145. The number of rotatable bonds is 4. The SMILES string of the molecule is CN(Cc1cccnc1)C(=O)C(=O)NCC(N)=S. The number of hydrogen-bond donors (Lipinski definition) is 2. The largest absolute Gasteiger partial charge is 0.392 e. The molecule has 0 spiro atoms. The highest BCUT2D eigenvalue weighted by molar-refractivity contribution is 7.80. The van der Waals surface area contributed by atoms with E-state index in [0.717, 1.165) is 5.56 Å². The Morgan fingerprint density at radius 1 is 1.56 bits per heavy atom. The number of pyridine rings is 1. The third-order valence-corrected chi connectivity index (χ3v) is 2.25. The molecular weight excluding hydrogens is 252 g/mol. The Kier molecular flexibility index (Phi) is 5.19. The normalized spacial score (nSPS) is 9.61. The van der Waals surface area contributed by atoms with Crippen molar-refractivity contribution in [1.82, 2.24) is 15.2 Å². The van der Waals surface area contributed by atoms with Crippen LogP contribution in [-0.2, 0) is 16.1 Å². The minimum absolute atomic E-state index is 0.0145. The summed E-state index contributed by atoms with van der Waals surface area (Å²) in [5, 5.41) is 2.34. The van der Waals surface area contributed by atoms with E-state index in [4.69, 9.17) is 5.73 Å². The maximum atomic E-state index is 11.7. The number of aromatic nitrogens is 1. The molecule has 0 aliphatic carbocycles. The van der Waals surface area contributed by atoms with Gasteiger partial charge in [0.2, 0.25) is 0 Å². The van der Waals surface area contributed by atoms with Gasteiger partial charge in [-0.05, 0) is 11.6 Å². The average molecular weight is 266 g/mol. The van der Waals surface area contributed by atoms with Crippen molar-refractivity contribution in [2.24, 2.45) is 5.73 Å². The van der Waals surface area contributed by atoms with Crippen molar-refractivity contribution in [3.8, 4) is 0 Å². The van der Waals surface area contributed by atoms with Crippen LogP contribution in [0.5, 0.6) is 0 Å². The quantitative estimate of drug-likeness (QED) is 0.563. The molecule has 1 heterocycles. The summed E-state index contributed by atoms with van der Waals surface area (Å²) in [6, 6.07) is 3.59. The molecule has 1 rings (SSSR count). The van der Waals surface area contributed by atoms with Gasteiger partial charge in [0, 0.05) is 26.0 Å². The average Bonchev–Trinajstić information content (AvgIpc) is 2.36. The highest BCUT2D eigenvalue weighted by Gasteiger charge is 2.18. The molecule has 0 unspecified atom stereocenters. The molecule has 7 heteroatoms. The van der Waals surface area contributed by atoms with E-state index in [0.29, 0.717) is 6.54 Å². The molecule has 0 bridgehead atoms. The molecule has 0 aliphatic heterocycles. The van der Waals surface area contributed by atoms with Crippen molar-refractivity contribution in [3.05, 3.63) is 30.1 Å². The number of likely N-dealkylation sites (N-methyl/N-ethyl adjacent to an activating group) is 1. The summed E-state index contributed by atoms with van der Waals surface area (Å²) in [4.78, 5) is 28.5. The first-order chi connectivity index (χ1) is 8.50.